The SMILES string of the molecule is CCCC(CC)(NC)C(F)(F)F. The second kappa shape index (κ2) is 4.12. The topological polar surface area (TPSA) is 12.0 Å². The third kappa shape index (κ3) is 2.12. The van der Waals surface area contributed by atoms with Crippen LogP contribution in [0.25, 0.3) is 0 Å². The normalized spacial score (nSPS) is 17.5. The van der Waals surface area contributed by atoms with Gasteiger partial charge in [-0.05, 0) is 19.9 Å². The highest BCUT2D eigenvalue weighted by Crippen LogP contribution is 2.36. The van der Waals surface area contributed by atoms with Gasteiger partial charge in [0.25, 0.3) is 0 Å². The minimum atomic E-state index is -4.15. The van der Waals surface area contributed by atoms with Crippen LogP contribution in [0.2, 0.25) is 0 Å². The van der Waals surface area contributed by atoms with Crippen LogP contribution in [0.1, 0.15) is 33.1 Å². The zero-order chi connectivity index (χ0) is 9.83. The Balaban J connectivity index is 4.57. The lowest BCUT2D eigenvalue weighted by Crippen LogP contribution is -2.54. The fourth-order valence-corrected chi connectivity index (χ4v) is 1.39. The van der Waals surface area contributed by atoms with Gasteiger partial charge in [-0.25, -0.2) is 0 Å². The van der Waals surface area contributed by atoms with Gasteiger partial charge in [0.2, 0.25) is 0 Å². The fraction of sp³-hybridized carbons (Fsp3) is 1.00. The van der Waals surface area contributed by atoms with E-state index in [0.717, 1.165) is 0 Å². The highest BCUT2D eigenvalue weighted by molar-refractivity contribution is 4.92. The summed E-state index contributed by atoms with van der Waals surface area (Å²) >= 11 is 0. The third-order valence-electron chi connectivity index (χ3n) is 2.30. The number of nitrogens with one attached hydrogen (secondary N) is 1. The van der Waals surface area contributed by atoms with E-state index in [-0.39, 0.29) is 12.8 Å². The fourth-order valence-electron chi connectivity index (χ4n) is 1.39. The van der Waals surface area contributed by atoms with Gasteiger partial charge in [-0.15, -0.1) is 0 Å². The molecule has 0 aliphatic rings. The summed E-state index contributed by atoms with van der Waals surface area (Å²) in [7, 11) is 1.37. The molecular weight excluding hydrogens is 167 g/mol. The van der Waals surface area contributed by atoms with Gasteiger partial charge in [-0.2, -0.15) is 13.2 Å². The van der Waals surface area contributed by atoms with E-state index < -0.39 is 11.7 Å². The summed E-state index contributed by atoms with van der Waals surface area (Å²) < 4.78 is 37.5. The Kier molecular flexibility index (Phi) is 4.03. The van der Waals surface area contributed by atoms with Gasteiger partial charge in [0, 0.05) is 0 Å². The van der Waals surface area contributed by atoms with Crippen LogP contribution < -0.4 is 5.32 Å². The van der Waals surface area contributed by atoms with E-state index in [9.17, 15) is 13.2 Å². The first-order valence-electron chi connectivity index (χ1n) is 4.19. The van der Waals surface area contributed by atoms with Gasteiger partial charge < -0.3 is 5.32 Å². The molecule has 1 nitrogen and oxygen atoms in total. The van der Waals surface area contributed by atoms with Crippen molar-refractivity contribution in [2.45, 2.75) is 44.8 Å². The largest absolute Gasteiger partial charge is 0.406 e. The summed E-state index contributed by atoms with van der Waals surface area (Å²) in [6.45, 7) is 3.31. The summed E-state index contributed by atoms with van der Waals surface area (Å²) in [5, 5.41) is 2.38. The molecule has 0 amide bonds. The highest BCUT2D eigenvalue weighted by atomic mass is 19.4. The third-order valence-corrected chi connectivity index (χ3v) is 2.30. The lowest BCUT2D eigenvalue weighted by Gasteiger charge is -2.34. The maximum atomic E-state index is 12.5. The molecule has 0 aromatic heterocycles. The van der Waals surface area contributed by atoms with Gasteiger partial charge in [0.15, 0.2) is 0 Å². The molecule has 0 saturated heterocycles. The molecule has 12 heavy (non-hydrogen) atoms. The summed E-state index contributed by atoms with van der Waals surface area (Å²) in [5.74, 6) is 0. The first-order valence-corrected chi connectivity index (χ1v) is 4.19. The molecule has 1 atom stereocenters. The van der Waals surface area contributed by atoms with Crippen LogP contribution in [0.3, 0.4) is 0 Å². The summed E-state index contributed by atoms with van der Waals surface area (Å²) in [4.78, 5) is 0. The molecule has 0 saturated carbocycles. The van der Waals surface area contributed by atoms with Gasteiger partial charge in [-0.3, -0.25) is 0 Å². The average molecular weight is 183 g/mol. The number of rotatable bonds is 4. The quantitative estimate of drug-likeness (QED) is 0.706. The molecule has 0 heterocycles. The molecule has 0 aromatic rings. The van der Waals surface area contributed by atoms with Crippen LogP contribution in [0.5, 0.6) is 0 Å². The molecule has 0 spiro atoms. The second-order valence-electron chi connectivity index (χ2n) is 2.93. The van der Waals surface area contributed by atoms with Gasteiger partial charge in [0.05, 0.1) is 0 Å². The molecular formula is C8H16F3N. The van der Waals surface area contributed by atoms with Crippen LogP contribution in [0, 0.1) is 0 Å². The first kappa shape index (κ1) is 11.8. The van der Waals surface area contributed by atoms with E-state index in [1.807, 2.05) is 0 Å². The van der Waals surface area contributed by atoms with Crippen LogP contribution in [-0.4, -0.2) is 18.8 Å². The molecule has 1 unspecified atom stereocenters. The van der Waals surface area contributed by atoms with E-state index in [0.29, 0.717) is 6.42 Å². The van der Waals surface area contributed by atoms with Crippen molar-refractivity contribution >= 4 is 0 Å². The molecule has 0 aromatic carbocycles. The van der Waals surface area contributed by atoms with Crippen LogP contribution in [-0.2, 0) is 0 Å². The highest BCUT2D eigenvalue weighted by Gasteiger charge is 2.51. The Morgan fingerprint density at radius 3 is 1.75 bits per heavy atom. The number of alkyl halides is 3. The van der Waals surface area contributed by atoms with E-state index in [4.69, 9.17) is 0 Å². The zero-order valence-electron chi connectivity index (χ0n) is 7.76. The lowest BCUT2D eigenvalue weighted by atomic mass is 9.90. The van der Waals surface area contributed by atoms with E-state index >= 15 is 0 Å². The Morgan fingerprint density at radius 1 is 1.17 bits per heavy atom. The van der Waals surface area contributed by atoms with Crippen molar-refractivity contribution in [3.63, 3.8) is 0 Å². The molecule has 0 radical (unpaired) electrons. The predicted octanol–water partition coefficient (Wildman–Crippen LogP) is 2.72. The van der Waals surface area contributed by atoms with Crippen LogP contribution in [0.15, 0.2) is 0 Å². The summed E-state index contributed by atoms with van der Waals surface area (Å²) in [6.07, 6.45) is -3.38. The van der Waals surface area contributed by atoms with Crippen molar-refractivity contribution in [1.29, 1.82) is 0 Å². The Hall–Kier alpha value is -0.250. The Labute approximate surface area is 71.3 Å². The zero-order valence-corrected chi connectivity index (χ0v) is 7.76. The van der Waals surface area contributed by atoms with Crippen molar-refractivity contribution in [1.82, 2.24) is 5.32 Å². The Morgan fingerprint density at radius 2 is 1.67 bits per heavy atom. The molecule has 0 bridgehead atoms. The molecule has 0 aliphatic carbocycles. The molecule has 0 fully saturated rings. The molecule has 1 N–H and O–H groups in total. The smallest absolute Gasteiger partial charge is 0.307 e. The molecule has 4 heteroatoms. The van der Waals surface area contributed by atoms with Crippen molar-refractivity contribution in [2.24, 2.45) is 0 Å². The van der Waals surface area contributed by atoms with E-state index in [1.54, 1.807) is 13.8 Å². The van der Waals surface area contributed by atoms with Gasteiger partial charge in [0.1, 0.15) is 5.54 Å². The minimum Gasteiger partial charge on any atom is -0.307 e. The second-order valence-corrected chi connectivity index (χ2v) is 2.93. The molecule has 0 rings (SSSR count). The average Bonchev–Trinajstić information content (AvgIpc) is 1.98. The van der Waals surface area contributed by atoms with Gasteiger partial charge >= 0.3 is 6.18 Å². The van der Waals surface area contributed by atoms with Crippen molar-refractivity contribution in [3.8, 4) is 0 Å². The summed E-state index contributed by atoms with van der Waals surface area (Å²) in [6, 6.07) is 0. The van der Waals surface area contributed by atoms with Crippen LogP contribution in [0.4, 0.5) is 13.2 Å². The number of halogens is 3. The van der Waals surface area contributed by atoms with Gasteiger partial charge in [-0.1, -0.05) is 20.3 Å². The lowest BCUT2D eigenvalue weighted by molar-refractivity contribution is -0.198. The van der Waals surface area contributed by atoms with Crippen molar-refractivity contribution in [3.05, 3.63) is 0 Å². The van der Waals surface area contributed by atoms with E-state index in [1.165, 1.54) is 7.05 Å². The minimum absolute atomic E-state index is 0.0842. The number of hydrogen-bond donors (Lipinski definition) is 1. The summed E-state index contributed by atoms with van der Waals surface area (Å²) in [5.41, 5.74) is -1.68. The number of hydrogen-bond acceptors (Lipinski definition) is 1. The Bertz CT molecular complexity index is 127. The monoisotopic (exact) mass is 183 g/mol. The maximum Gasteiger partial charge on any atom is 0.406 e. The molecule has 74 valence electrons. The molecule has 0 aliphatic heterocycles. The van der Waals surface area contributed by atoms with Crippen molar-refractivity contribution < 1.29 is 13.2 Å². The first-order chi connectivity index (χ1) is 5.43. The van der Waals surface area contributed by atoms with Crippen LogP contribution >= 0.6 is 0 Å². The standard InChI is InChI=1S/C8H16F3N/c1-4-6-7(5-2,12-3)8(9,10)11/h12H,4-6H2,1-3H3. The van der Waals surface area contributed by atoms with Crippen molar-refractivity contribution in [2.75, 3.05) is 7.05 Å². The maximum absolute atomic E-state index is 12.5. The van der Waals surface area contributed by atoms with E-state index in [2.05, 4.69) is 5.32 Å². The predicted molar refractivity (Wildman–Crippen MR) is 43.0 cm³/mol.